The van der Waals surface area contributed by atoms with E-state index in [2.05, 4.69) is 4.98 Å². The predicted molar refractivity (Wildman–Crippen MR) is 42.7 cm³/mol. The van der Waals surface area contributed by atoms with E-state index >= 15 is 0 Å². The Balaban J connectivity index is 2.74. The van der Waals surface area contributed by atoms with Gasteiger partial charge in [-0.1, -0.05) is 13.0 Å². The van der Waals surface area contributed by atoms with Gasteiger partial charge >= 0.3 is 0 Å². The lowest BCUT2D eigenvalue weighted by Crippen LogP contribution is -1.97. The van der Waals surface area contributed by atoms with Crippen molar-refractivity contribution in [3.8, 4) is 0 Å². The fourth-order valence-corrected chi connectivity index (χ4v) is 0.977. The van der Waals surface area contributed by atoms with E-state index in [0.717, 1.165) is 12.0 Å². The summed E-state index contributed by atoms with van der Waals surface area (Å²) >= 11 is 0. The molecule has 0 aliphatic heterocycles. The molecule has 1 rings (SSSR count). The van der Waals surface area contributed by atoms with Crippen LogP contribution < -0.4 is 0 Å². The molecule has 1 aromatic rings. The van der Waals surface area contributed by atoms with E-state index in [9.17, 15) is 0 Å². The van der Waals surface area contributed by atoms with Crippen LogP contribution in [-0.4, -0.2) is 4.98 Å². The zero-order valence-electron chi connectivity index (χ0n) is 6.53. The summed E-state index contributed by atoms with van der Waals surface area (Å²) in [4.78, 5) is 3.97. The van der Waals surface area contributed by atoms with Crippen molar-refractivity contribution in [2.75, 3.05) is 0 Å². The number of ether oxygens (including phenoxy) is 1. The van der Waals surface area contributed by atoms with Gasteiger partial charge in [0.2, 0.25) is 0 Å². The zero-order chi connectivity index (χ0) is 8.10. The molecule has 0 aliphatic carbocycles. The third-order valence-corrected chi connectivity index (χ3v) is 1.59. The Morgan fingerprint density at radius 3 is 3.00 bits per heavy atom. The van der Waals surface area contributed by atoms with E-state index in [1.54, 1.807) is 12.4 Å². The molecule has 0 saturated heterocycles. The highest BCUT2D eigenvalue weighted by Gasteiger charge is 2.05. The van der Waals surface area contributed by atoms with Crippen LogP contribution in [0.4, 0.5) is 0 Å². The highest BCUT2D eigenvalue weighted by Crippen LogP contribution is 2.18. The fraction of sp³-hybridized carbons (Fsp3) is 0.333. The quantitative estimate of drug-likeness (QED) is 0.657. The first kappa shape index (κ1) is 8.21. The van der Waals surface area contributed by atoms with Crippen LogP contribution in [-0.2, 0) is 4.74 Å². The second-order valence-corrected chi connectivity index (χ2v) is 2.32. The van der Waals surface area contributed by atoms with Crippen LogP contribution in [0.25, 0.3) is 0 Å². The summed E-state index contributed by atoms with van der Waals surface area (Å²) in [6, 6.07) is 3.82. The van der Waals surface area contributed by atoms with E-state index in [0.29, 0.717) is 0 Å². The molecular weight excluding hydrogens is 138 g/mol. The number of hydrogen-bond acceptors (Lipinski definition) is 2. The minimum Gasteiger partial charge on any atom is -0.365 e. The molecule has 1 heterocycles. The van der Waals surface area contributed by atoms with E-state index in [-0.39, 0.29) is 6.10 Å². The maximum absolute atomic E-state index is 5.09. The summed E-state index contributed by atoms with van der Waals surface area (Å²) in [6.45, 7) is 2.02. The van der Waals surface area contributed by atoms with Gasteiger partial charge in [-0.3, -0.25) is 4.98 Å². The Kier molecular flexibility index (Phi) is 3.05. The standard InChI is InChI=1S/C9H11NO/c1-3-9(11-2)8-5-4-6-10-7-8/h2,4-7,9H,3H2,1H3. The third kappa shape index (κ3) is 2.02. The van der Waals surface area contributed by atoms with Crippen molar-refractivity contribution in [2.45, 2.75) is 19.4 Å². The number of hydrogen-bond donors (Lipinski definition) is 0. The maximum Gasteiger partial charge on any atom is 0.116 e. The van der Waals surface area contributed by atoms with Crippen molar-refractivity contribution in [3.05, 3.63) is 37.2 Å². The van der Waals surface area contributed by atoms with Crippen LogP contribution in [0.5, 0.6) is 0 Å². The van der Waals surface area contributed by atoms with Gasteiger partial charge in [0, 0.05) is 12.4 Å². The van der Waals surface area contributed by atoms with Gasteiger partial charge in [-0.05, 0) is 18.1 Å². The monoisotopic (exact) mass is 149 g/mol. The van der Waals surface area contributed by atoms with Crippen molar-refractivity contribution in [1.29, 1.82) is 0 Å². The van der Waals surface area contributed by atoms with Crippen LogP contribution in [0.15, 0.2) is 24.5 Å². The van der Waals surface area contributed by atoms with E-state index in [1.807, 2.05) is 19.1 Å². The molecule has 2 heteroatoms. The topological polar surface area (TPSA) is 22.1 Å². The van der Waals surface area contributed by atoms with Gasteiger partial charge in [0.25, 0.3) is 0 Å². The molecule has 1 unspecified atom stereocenters. The molecule has 2 radical (unpaired) electrons. The normalized spacial score (nSPS) is 12.9. The molecule has 58 valence electrons. The number of nitrogens with zero attached hydrogens (tertiary/aromatic N) is 1. The van der Waals surface area contributed by atoms with Crippen LogP contribution >= 0.6 is 0 Å². The summed E-state index contributed by atoms with van der Waals surface area (Å²) < 4.78 is 4.75. The Morgan fingerprint density at radius 2 is 2.55 bits per heavy atom. The summed E-state index contributed by atoms with van der Waals surface area (Å²) in [5, 5.41) is 0. The molecular formula is C9H11NO. The molecule has 11 heavy (non-hydrogen) atoms. The smallest absolute Gasteiger partial charge is 0.116 e. The fourth-order valence-electron chi connectivity index (χ4n) is 0.977. The van der Waals surface area contributed by atoms with Crippen LogP contribution in [0.2, 0.25) is 0 Å². The van der Waals surface area contributed by atoms with Gasteiger partial charge in [-0.2, -0.15) is 0 Å². The first-order chi connectivity index (χ1) is 5.38. The van der Waals surface area contributed by atoms with Crippen LogP contribution in [0.3, 0.4) is 0 Å². The first-order valence-electron chi connectivity index (χ1n) is 3.64. The SMILES string of the molecule is [CH]OC(CC)c1cccnc1. The van der Waals surface area contributed by atoms with Crippen LogP contribution in [0.1, 0.15) is 25.0 Å². The van der Waals surface area contributed by atoms with Crippen LogP contribution in [0, 0.1) is 7.11 Å². The largest absolute Gasteiger partial charge is 0.365 e. The van der Waals surface area contributed by atoms with Gasteiger partial charge in [-0.15, -0.1) is 0 Å². The predicted octanol–water partition coefficient (Wildman–Crippen LogP) is 2.22. The summed E-state index contributed by atoms with van der Waals surface area (Å²) in [6.07, 6.45) is 4.33. The average molecular weight is 149 g/mol. The Bertz CT molecular complexity index is 194. The minimum atomic E-state index is -0.0244. The third-order valence-electron chi connectivity index (χ3n) is 1.59. The van der Waals surface area contributed by atoms with Crippen molar-refractivity contribution in [1.82, 2.24) is 4.98 Å². The highest BCUT2D eigenvalue weighted by atomic mass is 16.5. The maximum atomic E-state index is 5.09. The first-order valence-corrected chi connectivity index (χ1v) is 3.64. The molecule has 2 nitrogen and oxygen atoms in total. The molecule has 0 amide bonds. The molecule has 0 fully saturated rings. The van der Waals surface area contributed by atoms with Crippen molar-refractivity contribution in [2.24, 2.45) is 0 Å². The van der Waals surface area contributed by atoms with Gasteiger partial charge in [0.15, 0.2) is 0 Å². The van der Waals surface area contributed by atoms with E-state index < -0.39 is 0 Å². The molecule has 0 aliphatic rings. The summed E-state index contributed by atoms with van der Waals surface area (Å²) in [5.41, 5.74) is 1.03. The Morgan fingerprint density at radius 1 is 1.73 bits per heavy atom. The van der Waals surface area contributed by atoms with Crippen molar-refractivity contribution >= 4 is 0 Å². The highest BCUT2D eigenvalue weighted by molar-refractivity contribution is 5.11. The molecule has 0 aromatic carbocycles. The van der Waals surface area contributed by atoms with E-state index in [1.165, 1.54) is 0 Å². The van der Waals surface area contributed by atoms with Gasteiger partial charge in [0.05, 0.1) is 6.10 Å². The lowest BCUT2D eigenvalue weighted by Gasteiger charge is -2.11. The lowest BCUT2D eigenvalue weighted by molar-refractivity contribution is 0.135. The Labute approximate surface area is 67.2 Å². The second kappa shape index (κ2) is 4.09. The minimum absolute atomic E-state index is 0.0244. The summed E-state index contributed by atoms with van der Waals surface area (Å²) in [7, 11) is 5.09. The second-order valence-electron chi connectivity index (χ2n) is 2.32. The zero-order valence-corrected chi connectivity index (χ0v) is 6.53. The van der Waals surface area contributed by atoms with E-state index in [4.69, 9.17) is 11.8 Å². The lowest BCUT2D eigenvalue weighted by atomic mass is 10.1. The van der Waals surface area contributed by atoms with Crippen molar-refractivity contribution in [3.63, 3.8) is 0 Å². The molecule has 1 aromatic heterocycles. The molecule has 0 saturated carbocycles. The molecule has 0 spiro atoms. The van der Waals surface area contributed by atoms with Gasteiger partial charge in [-0.25, -0.2) is 0 Å². The van der Waals surface area contributed by atoms with Gasteiger partial charge < -0.3 is 4.74 Å². The van der Waals surface area contributed by atoms with Crippen molar-refractivity contribution < 1.29 is 4.74 Å². The molecule has 0 N–H and O–H groups in total. The number of pyridine rings is 1. The average Bonchev–Trinajstić information content (AvgIpc) is 2.09. The molecule has 0 bridgehead atoms. The van der Waals surface area contributed by atoms with Gasteiger partial charge in [0.1, 0.15) is 7.11 Å². The number of rotatable bonds is 3. The number of aromatic nitrogens is 1. The summed E-state index contributed by atoms with van der Waals surface area (Å²) in [5.74, 6) is 0. The molecule has 1 atom stereocenters. The Hall–Kier alpha value is -0.890.